The zero-order valence-electron chi connectivity index (χ0n) is 18.2. The van der Waals surface area contributed by atoms with E-state index in [0.717, 1.165) is 0 Å². The Hall–Kier alpha value is -2.66. The van der Waals surface area contributed by atoms with Crippen LogP contribution in [0.25, 0.3) is 11.1 Å². The third kappa shape index (κ3) is 5.39. The lowest BCUT2D eigenvalue weighted by molar-refractivity contribution is 0.102. The Kier molecular flexibility index (Phi) is 7.09. The Bertz CT molecular complexity index is 1310. The highest BCUT2D eigenvalue weighted by Gasteiger charge is 2.20. The summed E-state index contributed by atoms with van der Waals surface area (Å²) in [6, 6.07) is 8.43. The van der Waals surface area contributed by atoms with Gasteiger partial charge in [0.25, 0.3) is 5.91 Å². The quantitative estimate of drug-likeness (QED) is 0.512. The molecular formula is C21H25ClN4O5S. The number of halogens is 1. The molecule has 0 saturated carbocycles. The van der Waals surface area contributed by atoms with E-state index in [1.165, 1.54) is 22.8 Å². The zero-order chi connectivity index (χ0) is 23.6. The third-order valence-electron chi connectivity index (χ3n) is 4.58. The fraction of sp³-hybridized carbons (Fsp3) is 0.333. The van der Waals surface area contributed by atoms with Crippen LogP contribution in [0, 0.1) is 0 Å². The normalized spacial score (nSPS) is 12.1. The van der Waals surface area contributed by atoms with Gasteiger partial charge in [-0.15, -0.1) is 0 Å². The standard InChI is InChI=1S/C21H25ClN4O5S/c1-13(2)24-32(29,30)15-6-7-17(22)16(12-15)20(27)23-14-5-8-19-18(11-14)26(21(28)31-19)10-9-25(3)4/h5-8,11-13,24H,9-10H2,1-4H3,(H,23,27). The number of carbonyl (C=O) groups excluding carboxylic acids is 1. The molecule has 0 aliphatic rings. The summed E-state index contributed by atoms with van der Waals surface area (Å²) in [7, 11) is -0.000255. The van der Waals surface area contributed by atoms with Gasteiger partial charge in [0.05, 0.1) is 21.0 Å². The number of benzene rings is 2. The third-order valence-corrected chi connectivity index (χ3v) is 6.57. The van der Waals surface area contributed by atoms with E-state index in [-0.39, 0.29) is 21.5 Å². The van der Waals surface area contributed by atoms with Crippen LogP contribution in [0.4, 0.5) is 5.69 Å². The molecule has 32 heavy (non-hydrogen) atoms. The monoisotopic (exact) mass is 480 g/mol. The molecule has 3 aromatic rings. The van der Waals surface area contributed by atoms with Crippen molar-refractivity contribution in [3.8, 4) is 0 Å². The van der Waals surface area contributed by atoms with E-state index in [4.69, 9.17) is 16.0 Å². The van der Waals surface area contributed by atoms with Crippen molar-refractivity contribution in [1.29, 1.82) is 0 Å². The van der Waals surface area contributed by atoms with Crippen molar-refractivity contribution in [2.75, 3.05) is 26.0 Å². The molecule has 2 aromatic carbocycles. The van der Waals surface area contributed by atoms with E-state index < -0.39 is 21.7 Å². The van der Waals surface area contributed by atoms with E-state index in [1.807, 2.05) is 19.0 Å². The fourth-order valence-corrected chi connectivity index (χ4v) is 4.55. The molecule has 2 N–H and O–H groups in total. The molecule has 1 heterocycles. The number of aromatic nitrogens is 1. The number of nitrogens with zero attached hydrogens (tertiary/aromatic N) is 2. The van der Waals surface area contributed by atoms with Crippen molar-refractivity contribution in [2.45, 2.75) is 31.3 Å². The van der Waals surface area contributed by atoms with Crippen LogP contribution in [0.2, 0.25) is 5.02 Å². The van der Waals surface area contributed by atoms with Gasteiger partial charge in [-0.3, -0.25) is 9.36 Å². The molecular weight excluding hydrogens is 456 g/mol. The molecule has 0 saturated heterocycles. The average Bonchev–Trinajstić information content (AvgIpc) is 2.99. The number of sulfonamides is 1. The summed E-state index contributed by atoms with van der Waals surface area (Å²) in [4.78, 5) is 26.9. The molecule has 0 spiro atoms. The lowest BCUT2D eigenvalue weighted by Gasteiger charge is -2.12. The number of hydrogen-bond acceptors (Lipinski definition) is 6. The van der Waals surface area contributed by atoms with E-state index in [2.05, 4.69) is 10.0 Å². The smallest absolute Gasteiger partial charge is 0.408 e. The van der Waals surface area contributed by atoms with E-state index in [9.17, 15) is 18.0 Å². The van der Waals surface area contributed by atoms with Crippen molar-refractivity contribution in [2.24, 2.45) is 0 Å². The van der Waals surface area contributed by atoms with Crippen molar-refractivity contribution >= 4 is 44.3 Å². The van der Waals surface area contributed by atoms with Crippen molar-refractivity contribution < 1.29 is 17.6 Å². The molecule has 9 nitrogen and oxygen atoms in total. The van der Waals surface area contributed by atoms with Gasteiger partial charge in [-0.25, -0.2) is 17.9 Å². The maximum atomic E-state index is 12.9. The van der Waals surface area contributed by atoms with Gasteiger partial charge in [0.1, 0.15) is 0 Å². The molecule has 0 unspecified atom stereocenters. The van der Waals surface area contributed by atoms with Crippen LogP contribution < -0.4 is 15.8 Å². The van der Waals surface area contributed by atoms with Crippen LogP contribution in [0.15, 0.2) is 50.5 Å². The first kappa shape index (κ1) is 24.0. The molecule has 0 aliphatic carbocycles. The predicted molar refractivity (Wildman–Crippen MR) is 124 cm³/mol. The number of fused-ring (bicyclic) bond motifs is 1. The number of anilines is 1. The molecule has 0 bridgehead atoms. The largest absolute Gasteiger partial charge is 0.419 e. The molecule has 0 radical (unpaired) electrons. The first-order valence-electron chi connectivity index (χ1n) is 9.89. The Labute approximate surface area is 191 Å². The Balaban J connectivity index is 1.91. The van der Waals surface area contributed by atoms with Crippen molar-refractivity contribution in [1.82, 2.24) is 14.2 Å². The number of amides is 1. The number of nitrogens with one attached hydrogen (secondary N) is 2. The number of rotatable bonds is 8. The zero-order valence-corrected chi connectivity index (χ0v) is 19.7. The fourth-order valence-electron chi connectivity index (χ4n) is 3.07. The number of carbonyl (C=O) groups is 1. The number of hydrogen-bond donors (Lipinski definition) is 2. The van der Waals surface area contributed by atoms with E-state index >= 15 is 0 Å². The predicted octanol–water partition coefficient (Wildman–Crippen LogP) is 2.75. The molecule has 172 valence electrons. The van der Waals surface area contributed by atoms with Gasteiger partial charge < -0.3 is 14.6 Å². The summed E-state index contributed by atoms with van der Waals surface area (Å²) >= 11 is 6.17. The summed E-state index contributed by atoms with van der Waals surface area (Å²) in [5.74, 6) is -1.06. The first-order chi connectivity index (χ1) is 15.0. The maximum Gasteiger partial charge on any atom is 0.419 e. The van der Waals surface area contributed by atoms with Gasteiger partial charge in [0, 0.05) is 24.8 Å². The highest BCUT2D eigenvalue weighted by atomic mass is 35.5. The van der Waals surface area contributed by atoms with Gasteiger partial charge in [-0.1, -0.05) is 11.6 Å². The van der Waals surface area contributed by atoms with Crippen LogP contribution in [-0.2, 0) is 16.6 Å². The average molecular weight is 481 g/mol. The van der Waals surface area contributed by atoms with E-state index in [0.29, 0.717) is 29.9 Å². The van der Waals surface area contributed by atoms with Crippen LogP contribution in [0.5, 0.6) is 0 Å². The Morgan fingerprint density at radius 2 is 1.91 bits per heavy atom. The van der Waals surface area contributed by atoms with Crippen LogP contribution in [0.3, 0.4) is 0 Å². The van der Waals surface area contributed by atoms with Gasteiger partial charge in [0.2, 0.25) is 10.0 Å². The van der Waals surface area contributed by atoms with Crippen LogP contribution in [-0.4, -0.2) is 50.5 Å². The lowest BCUT2D eigenvalue weighted by Crippen LogP contribution is -2.30. The molecule has 1 amide bonds. The SMILES string of the molecule is CC(C)NS(=O)(=O)c1ccc(Cl)c(C(=O)Nc2ccc3oc(=O)n(CCN(C)C)c3c2)c1. The highest BCUT2D eigenvalue weighted by Crippen LogP contribution is 2.24. The van der Waals surface area contributed by atoms with Crippen LogP contribution in [0.1, 0.15) is 24.2 Å². The van der Waals surface area contributed by atoms with Crippen LogP contribution >= 0.6 is 11.6 Å². The minimum absolute atomic E-state index is 0.00980. The Morgan fingerprint density at radius 3 is 2.56 bits per heavy atom. The minimum atomic E-state index is -3.79. The highest BCUT2D eigenvalue weighted by molar-refractivity contribution is 7.89. The summed E-state index contributed by atoms with van der Waals surface area (Å²) in [6.07, 6.45) is 0. The van der Waals surface area contributed by atoms with Gasteiger partial charge in [0.15, 0.2) is 5.58 Å². The number of oxazole rings is 1. The lowest BCUT2D eigenvalue weighted by atomic mass is 10.2. The molecule has 0 aliphatic heterocycles. The van der Waals surface area contributed by atoms with Gasteiger partial charge in [-0.2, -0.15) is 0 Å². The molecule has 1 aromatic heterocycles. The van der Waals surface area contributed by atoms with Gasteiger partial charge in [-0.05, 0) is 64.3 Å². The second-order valence-electron chi connectivity index (χ2n) is 7.88. The summed E-state index contributed by atoms with van der Waals surface area (Å²) in [6.45, 7) is 4.45. The summed E-state index contributed by atoms with van der Waals surface area (Å²) in [5, 5.41) is 2.82. The van der Waals surface area contributed by atoms with Crippen molar-refractivity contribution in [3.05, 3.63) is 57.5 Å². The molecule has 11 heteroatoms. The first-order valence-corrected chi connectivity index (χ1v) is 11.8. The summed E-state index contributed by atoms with van der Waals surface area (Å²) in [5.41, 5.74) is 1.36. The molecule has 0 atom stereocenters. The topological polar surface area (TPSA) is 114 Å². The van der Waals surface area contributed by atoms with Gasteiger partial charge >= 0.3 is 5.76 Å². The minimum Gasteiger partial charge on any atom is -0.408 e. The Morgan fingerprint density at radius 1 is 1.19 bits per heavy atom. The maximum absolute atomic E-state index is 12.9. The second-order valence-corrected chi connectivity index (χ2v) is 10.00. The molecule has 0 fully saturated rings. The van der Waals surface area contributed by atoms with E-state index in [1.54, 1.807) is 32.0 Å². The molecule has 3 rings (SSSR count). The van der Waals surface area contributed by atoms with Crippen molar-refractivity contribution in [3.63, 3.8) is 0 Å². The number of likely N-dealkylation sites (N-methyl/N-ethyl adjacent to an activating group) is 1. The second kappa shape index (κ2) is 9.45. The summed E-state index contributed by atoms with van der Waals surface area (Å²) < 4.78 is 34.1.